The smallest absolute Gasteiger partial charge is 0.0853 e. The van der Waals surface area contributed by atoms with Crippen LogP contribution in [0, 0.1) is 5.92 Å². The van der Waals surface area contributed by atoms with Crippen LogP contribution in [0.15, 0.2) is 12.4 Å². The summed E-state index contributed by atoms with van der Waals surface area (Å²) >= 11 is 0. The first-order valence-corrected chi connectivity index (χ1v) is 7.67. The molecule has 3 unspecified atom stereocenters. The van der Waals surface area contributed by atoms with Crippen LogP contribution in [0.1, 0.15) is 45.1 Å². The summed E-state index contributed by atoms with van der Waals surface area (Å²) in [7, 11) is 1.94. The normalized spacial score (nSPS) is 28.5. The van der Waals surface area contributed by atoms with Gasteiger partial charge < -0.3 is 4.74 Å². The number of nitrogens with zero attached hydrogens (tertiary/aromatic N) is 2. The summed E-state index contributed by atoms with van der Waals surface area (Å²) in [5.41, 5.74) is 4.07. The van der Waals surface area contributed by atoms with Gasteiger partial charge in [-0.2, -0.15) is 5.10 Å². The number of ether oxygens (including phenoxy) is 1. The molecule has 5 heteroatoms. The predicted molar refractivity (Wildman–Crippen MR) is 80.0 cm³/mol. The van der Waals surface area contributed by atoms with Crippen molar-refractivity contribution in [2.75, 3.05) is 6.61 Å². The van der Waals surface area contributed by atoms with Crippen LogP contribution in [0.25, 0.3) is 0 Å². The van der Waals surface area contributed by atoms with Crippen LogP contribution in [0.3, 0.4) is 0 Å². The third-order valence-electron chi connectivity index (χ3n) is 4.46. The molecule has 0 amide bonds. The first-order chi connectivity index (χ1) is 9.59. The zero-order valence-electron chi connectivity index (χ0n) is 12.9. The first-order valence-electron chi connectivity index (χ1n) is 7.67. The third-order valence-corrected chi connectivity index (χ3v) is 4.46. The highest BCUT2D eigenvalue weighted by atomic mass is 16.5. The van der Waals surface area contributed by atoms with E-state index in [1.54, 1.807) is 0 Å². The molecule has 1 aliphatic rings. The molecule has 0 saturated heterocycles. The minimum absolute atomic E-state index is 0.134. The molecule has 5 nitrogen and oxygen atoms in total. The van der Waals surface area contributed by atoms with Gasteiger partial charge in [-0.25, -0.2) is 0 Å². The molecule has 20 heavy (non-hydrogen) atoms. The second-order valence-corrected chi connectivity index (χ2v) is 6.14. The maximum atomic E-state index is 6.20. The number of nitrogens with two attached hydrogens (primary N) is 1. The van der Waals surface area contributed by atoms with E-state index >= 15 is 0 Å². The van der Waals surface area contributed by atoms with Crippen molar-refractivity contribution in [1.82, 2.24) is 15.2 Å². The Labute approximate surface area is 121 Å². The van der Waals surface area contributed by atoms with E-state index in [1.807, 2.05) is 17.9 Å². The highest BCUT2D eigenvalue weighted by Gasteiger charge is 2.42. The van der Waals surface area contributed by atoms with Crippen molar-refractivity contribution in [3.63, 3.8) is 0 Å². The van der Waals surface area contributed by atoms with Crippen LogP contribution in [0.4, 0.5) is 0 Å². The van der Waals surface area contributed by atoms with Crippen molar-refractivity contribution < 1.29 is 4.74 Å². The molecule has 0 aliphatic heterocycles. The number of hydrogen-bond acceptors (Lipinski definition) is 4. The van der Waals surface area contributed by atoms with Crippen LogP contribution in [0.5, 0.6) is 0 Å². The Morgan fingerprint density at radius 1 is 1.65 bits per heavy atom. The summed E-state index contributed by atoms with van der Waals surface area (Å²) in [6.07, 6.45) is 9.49. The number of nitrogens with one attached hydrogen (secondary N) is 1. The maximum Gasteiger partial charge on any atom is 0.0853 e. The van der Waals surface area contributed by atoms with E-state index in [2.05, 4.69) is 30.6 Å². The fourth-order valence-electron chi connectivity index (χ4n) is 3.59. The molecule has 3 N–H and O–H groups in total. The summed E-state index contributed by atoms with van der Waals surface area (Å²) < 4.78 is 8.04. The Balaban J connectivity index is 2.15. The number of aromatic nitrogens is 2. The fourth-order valence-corrected chi connectivity index (χ4v) is 3.59. The number of aryl methyl sites for hydroxylation is 1. The van der Waals surface area contributed by atoms with Gasteiger partial charge in [-0.05, 0) is 37.7 Å². The minimum Gasteiger partial charge on any atom is -0.374 e. The summed E-state index contributed by atoms with van der Waals surface area (Å²) in [6.45, 7) is 5.11. The Morgan fingerprint density at radius 3 is 3.00 bits per heavy atom. The van der Waals surface area contributed by atoms with Gasteiger partial charge in [0.05, 0.1) is 17.8 Å². The summed E-state index contributed by atoms with van der Waals surface area (Å²) in [5, 5.41) is 4.24. The van der Waals surface area contributed by atoms with E-state index in [-0.39, 0.29) is 11.6 Å². The molecule has 0 aromatic carbocycles. The molecule has 2 rings (SSSR count). The van der Waals surface area contributed by atoms with Crippen molar-refractivity contribution in [3.8, 4) is 0 Å². The van der Waals surface area contributed by atoms with Crippen LogP contribution in [0.2, 0.25) is 0 Å². The molecule has 1 fully saturated rings. The Morgan fingerprint density at radius 2 is 2.45 bits per heavy atom. The standard InChI is InChI=1S/C15H28N4O/c1-4-20-15(7-5-6-12(2)9-15)14(18-16)8-13-10-17-19(3)11-13/h10-12,14,18H,4-9,16H2,1-3H3. The zero-order valence-corrected chi connectivity index (χ0v) is 12.9. The van der Waals surface area contributed by atoms with Crippen molar-refractivity contribution in [3.05, 3.63) is 18.0 Å². The second-order valence-electron chi connectivity index (χ2n) is 6.14. The van der Waals surface area contributed by atoms with Gasteiger partial charge in [0, 0.05) is 19.9 Å². The van der Waals surface area contributed by atoms with Gasteiger partial charge in [0.25, 0.3) is 0 Å². The Hall–Kier alpha value is -0.910. The predicted octanol–water partition coefficient (Wildman–Crippen LogP) is 1.78. The van der Waals surface area contributed by atoms with Crippen molar-refractivity contribution in [2.24, 2.45) is 18.8 Å². The summed E-state index contributed by atoms with van der Waals surface area (Å²) in [5.74, 6) is 6.56. The second kappa shape index (κ2) is 6.70. The SMILES string of the molecule is CCOC1(C(Cc2cnn(C)c2)NN)CCCC(C)C1. The van der Waals surface area contributed by atoms with Gasteiger partial charge in [-0.3, -0.25) is 16.0 Å². The lowest BCUT2D eigenvalue weighted by molar-refractivity contribution is -0.100. The molecule has 1 heterocycles. The monoisotopic (exact) mass is 280 g/mol. The van der Waals surface area contributed by atoms with Gasteiger partial charge in [0.1, 0.15) is 0 Å². The third kappa shape index (κ3) is 3.40. The van der Waals surface area contributed by atoms with Gasteiger partial charge >= 0.3 is 0 Å². The van der Waals surface area contributed by atoms with E-state index in [0.717, 1.165) is 25.9 Å². The Kier molecular flexibility index (Phi) is 5.18. The summed E-state index contributed by atoms with van der Waals surface area (Å²) in [4.78, 5) is 0. The van der Waals surface area contributed by atoms with E-state index in [4.69, 9.17) is 10.6 Å². The summed E-state index contributed by atoms with van der Waals surface area (Å²) in [6, 6.07) is 0.134. The number of hydrogen-bond donors (Lipinski definition) is 2. The van der Waals surface area contributed by atoms with Crippen LogP contribution >= 0.6 is 0 Å². The van der Waals surface area contributed by atoms with Crippen molar-refractivity contribution in [1.29, 1.82) is 0 Å². The lowest BCUT2D eigenvalue weighted by Crippen LogP contribution is -2.57. The average molecular weight is 280 g/mol. The van der Waals surface area contributed by atoms with Gasteiger partial charge in [0.15, 0.2) is 0 Å². The molecule has 1 aromatic rings. The molecule has 3 atom stereocenters. The van der Waals surface area contributed by atoms with Crippen molar-refractivity contribution >= 4 is 0 Å². The first kappa shape index (κ1) is 15.5. The van der Waals surface area contributed by atoms with Crippen LogP contribution in [-0.4, -0.2) is 28.0 Å². The van der Waals surface area contributed by atoms with Crippen molar-refractivity contribution in [2.45, 2.75) is 57.6 Å². The number of hydrazine groups is 1. The van der Waals surface area contributed by atoms with Gasteiger partial charge in [-0.15, -0.1) is 0 Å². The zero-order chi connectivity index (χ0) is 14.6. The molecule has 114 valence electrons. The molecule has 0 bridgehead atoms. The van der Waals surface area contributed by atoms with E-state index < -0.39 is 0 Å². The largest absolute Gasteiger partial charge is 0.374 e. The molecular weight excluding hydrogens is 252 g/mol. The molecule has 1 saturated carbocycles. The molecule has 0 radical (unpaired) electrons. The highest BCUT2D eigenvalue weighted by Crippen LogP contribution is 2.38. The van der Waals surface area contributed by atoms with Crippen LogP contribution < -0.4 is 11.3 Å². The topological polar surface area (TPSA) is 65.1 Å². The van der Waals surface area contributed by atoms with E-state index in [1.165, 1.54) is 18.4 Å². The van der Waals surface area contributed by atoms with Crippen LogP contribution in [-0.2, 0) is 18.2 Å². The molecule has 1 aromatic heterocycles. The lowest BCUT2D eigenvalue weighted by atomic mass is 9.73. The molecular formula is C15H28N4O. The van der Waals surface area contributed by atoms with Gasteiger partial charge in [-0.1, -0.05) is 19.8 Å². The molecule has 0 spiro atoms. The van der Waals surface area contributed by atoms with Gasteiger partial charge in [0.2, 0.25) is 0 Å². The fraction of sp³-hybridized carbons (Fsp3) is 0.800. The van der Waals surface area contributed by atoms with E-state index in [0.29, 0.717) is 5.92 Å². The maximum absolute atomic E-state index is 6.20. The van der Waals surface area contributed by atoms with E-state index in [9.17, 15) is 0 Å². The molecule has 1 aliphatic carbocycles. The minimum atomic E-state index is -0.142. The quantitative estimate of drug-likeness (QED) is 0.616. The average Bonchev–Trinajstić information content (AvgIpc) is 2.82. The number of rotatable bonds is 6. The Bertz CT molecular complexity index is 416. The lowest BCUT2D eigenvalue weighted by Gasteiger charge is -2.45. The highest BCUT2D eigenvalue weighted by molar-refractivity contribution is 5.10.